The molecule has 2 aromatic rings. The number of urea groups is 1. The Morgan fingerprint density at radius 2 is 1.36 bits per heavy atom. The van der Waals surface area contributed by atoms with Gasteiger partial charge in [-0.05, 0) is 37.3 Å². The average molecular weight is 340 g/mol. The first-order valence-corrected chi connectivity index (χ1v) is 7.75. The highest BCUT2D eigenvalue weighted by Crippen LogP contribution is 2.16. The zero-order valence-electron chi connectivity index (χ0n) is 14.0. The molecule has 1 atom stereocenters. The molecule has 0 aliphatic heterocycles. The van der Waals surface area contributed by atoms with Crippen molar-refractivity contribution in [3.05, 3.63) is 54.6 Å². The lowest BCUT2D eigenvalue weighted by atomic mass is 10.2. The first-order chi connectivity index (χ1) is 11.9. The van der Waals surface area contributed by atoms with E-state index in [0.717, 1.165) is 0 Å². The SMILES string of the molecule is CC(=O)N[C@@H](C)C(=O)Nc1cccc(NC(=O)Nc2ccccc2)c1. The van der Waals surface area contributed by atoms with E-state index in [9.17, 15) is 14.4 Å². The van der Waals surface area contributed by atoms with Gasteiger partial charge in [0, 0.05) is 24.0 Å². The molecule has 4 N–H and O–H groups in total. The third-order valence-electron chi connectivity index (χ3n) is 3.23. The molecular weight excluding hydrogens is 320 g/mol. The summed E-state index contributed by atoms with van der Waals surface area (Å²) >= 11 is 0. The summed E-state index contributed by atoms with van der Waals surface area (Å²) in [5, 5.41) is 10.6. The molecule has 2 aromatic carbocycles. The van der Waals surface area contributed by atoms with Crippen molar-refractivity contribution in [2.45, 2.75) is 19.9 Å². The molecule has 0 aliphatic rings. The first-order valence-electron chi connectivity index (χ1n) is 7.75. The van der Waals surface area contributed by atoms with Gasteiger partial charge in [0.1, 0.15) is 6.04 Å². The predicted molar refractivity (Wildman–Crippen MR) is 97.4 cm³/mol. The highest BCUT2D eigenvalue weighted by Gasteiger charge is 2.14. The van der Waals surface area contributed by atoms with Crippen molar-refractivity contribution in [2.75, 3.05) is 16.0 Å². The van der Waals surface area contributed by atoms with Crippen LogP contribution < -0.4 is 21.3 Å². The maximum Gasteiger partial charge on any atom is 0.323 e. The lowest BCUT2D eigenvalue weighted by molar-refractivity contribution is -0.124. The van der Waals surface area contributed by atoms with E-state index in [1.807, 2.05) is 18.2 Å². The molecule has 7 heteroatoms. The van der Waals surface area contributed by atoms with Gasteiger partial charge in [-0.3, -0.25) is 9.59 Å². The fourth-order valence-corrected chi connectivity index (χ4v) is 2.11. The zero-order chi connectivity index (χ0) is 18.2. The molecule has 0 saturated heterocycles. The van der Waals surface area contributed by atoms with Crippen LogP contribution in [0.1, 0.15) is 13.8 Å². The summed E-state index contributed by atoms with van der Waals surface area (Å²) in [6.45, 7) is 2.94. The quantitative estimate of drug-likeness (QED) is 0.673. The minimum Gasteiger partial charge on any atom is -0.345 e. The zero-order valence-corrected chi connectivity index (χ0v) is 14.0. The molecule has 0 unspecified atom stereocenters. The topological polar surface area (TPSA) is 99.3 Å². The van der Waals surface area contributed by atoms with E-state index in [0.29, 0.717) is 17.1 Å². The third kappa shape index (κ3) is 5.98. The van der Waals surface area contributed by atoms with Crippen molar-refractivity contribution < 1.29 is 14.4 Å². The Labute approximate surface area is 145 Å². The van der Waals surface area contributed by atoms with Crippen LogP contribution in [0, 0.1) is 0 Å². The molecule has 0 bridgehead atoms. The first kappa shape index (κ1) is 18.0. The standard InChI is InChI=1S/C18H20N4O3/c1-12(19-13(2)23)17(24)20-15-9-6-10-16(11-15)22-18(25)21-14-7-4-3-5-8-14/h3-12H,1-2H3,(H,19,23)(H,20,24)(H2,21,22,25)/t12-/m0/s1. The average Bonchev–Trinajstić information content (AvgIpc) is 2.55. The molecule has 130 valence electrons. The van der Waals surface area contributed by atoms with Gasteiger partial charge in [0.25, 0.3) is 0 Å². The van der Waals surface area contributed by atoms with Crippen LogP contribution in [-0.4, -0.2) is 23.9 Å². The van der Waals surface area contributed by atoms with Gasteiger partial charge in [0.15, 0.2) is 0 Å². The molecule has 0 fully saturated rings. The van der Waals surface area contributed by atoms with E-state index >= 15 is 0 Å². The Morgan fingerprint density at radius 1 is 0.800 bits per heavy atom. The second kappa shape index (κ2) is 8.49. The highest BCUT2D eigenvalue weighted by atomic mass is 16.2. The van der Waals surface area contributed by atoms with E-state index in [-0.39, 0.29) is 17.8 Å². The molecule has 0 saturated carbocycles. The number of anilines is 3. The van der Waals surface area contributed by atoms with Crippen LogP contribution in [0.15, 0.2) is 54.6 Å². The summed E-state index contributed by atoms with van der Waals surface area (Å²) in [5.41, 5.74) is 1.71. The molecule has 7 nitrogen and oxygen atoms in total. The lowest BCUT2D eigenvalue weighted by Crippen LogP contribution is -2.40. The molecule has 0 heterocycles. The Hall–Kier alpha value is -3.35. The molecule has 25 heavy (non-hydrogen) atoms. The Balaban J connectivity index is 1.95. The highest BCUT2D eigenvalue weighted by molar-refractivity contribution is 6.01. The number of hydrogen-bond acceptors (Lipinski definition) is 3. The Bertz CT molecular complexity index is 762. The van der Waals surface area contributed by atoms with Gasteiger partial charge >= 0.3 is 6.03 Å². The molecule has 0 aliphatic carbocycles. The van der Waals surface area contributed by atoms with Crippen LogP contribution in [0.5, 0.6) is 0 Å². The maximum absolute atomic E-state index is 12.0. The van der Waals surface area contributed by atoms with E-state index in [1.54, 1.807) is 43.3 Å². The molecule has 0 aromatic heterocycles. The van der Waals surface area contributed by atoms with Crippen molar-refractivity contribution in [1.29, 1.82) is 0 Å². The van der Waals surface area contributed by atoms with Gasteiger partial charge in [-0.15, -0.1) is 0 Å². The summed E-state index contributed by atoms with van der Waals surface area (Å²) in [4.78, 5) is 35.0. The number of amides is 4. The van der Waals surface area contributed by atoms with E-state index in [4.69, 9.17) is 0 Å². The minimum atomic E-state index is -0.657. The number of hydrogen-bond donors (Lipinski definition) is 4. The predicted octanol–water partition coefficient (Wildman–Crippen LogP) is 2.79. The van der Waals surface area contributed by atoms with Crippen LogP contribution in [0.3, 0.4) is 0 Å². The van der Waals surface area contributed by atoms with E-state index < -0.39 is 6.04 Å². The van der Waals surface area contributed by atoms with Crippen LogP contribution in [0.25, 0.3) is 0 Å². The maximum atomic E-state index is 12.0. The van der Waals surface area contributed by atoms with Crippen molar-refractivity contribution in [3.8, 4) is 0 Å². The molecule has 0 radical (unpaired) electrons. The number of carbonyl (C=O) groups excluding carboxylic acids is 3. The fraction of sp³-hybridized carbons (Fsp3) is 0.167. The largest absolute Gasteiger partial charge is 0.345 e. The van der Waals surface area contributed by atoms with Gasteiger partial charge in [0.2, 0.25) is 11.8 Å². The normalized spacial score (nSPS) is 11.1. The lowest BCUT2D eigenvalue weighted by Gasteiger charge is -2.14. The Morgan fingerprint density at radius 3 is 2.00 bits per heavy atom. The van der Waals surface area contributed by atoms with Crippen molar-refractivity contribution in [2.24, 2.45) is 0 Å². The van der Waals surface area contributed by atoms with Crippen LogP contribution in [0.2, 0.25) is 0 Å². The van der Waals surface area contributed by atoms with Crippen LogP contribution in [-0.2, 0) is 9.59 Å². The monoisotopic (exact) mass is 340 g/mol. The molecular formula is C18H20N4O3. The van der Waals surface area contributed by atoms with E-state index in [1.165, 1.54) is 6.92 Å². The summed E-state index contributed by atoms with van der Waals surface area (Å²) in [6.07, 6.45) is 0. The smallest absolute Gasteiger partial charge is 0.323 e. The second-order valence-electron chi connectivity index (χ2n) is 5.44. The van der Waals surface area contributed by atoms with Crippen LogP contribution >= 0.6 is 0 Å². The summed E-state index contributed by atoms with van der Waals surface area (Å²) < 4.78 is 0. The third-order valence-corrected chi connectivity index (χ3v) is 3.23. The fourth-order valence-electron chi connectivity index (χ4n) is 2.11. The number of benzene rings is 2. The number of carbonyl (C=O) groups is 3. The van der Waals surface area contributed by atoms with E-state index in [2.05, 4.69) is 21.3 Å². The van der Waals surface area contributed by atoms with Crippen molar-refractivity contribution >= 4 is 34.9 Å². The number of para-hydroxylation sites is 1. The second-order valence-corrected chi connectivity index (χ2v) is 5.44. The summed E-state index contributed by atoms with van der Waals surface area (Å²) in [5.74, 6) is -0.628. The summed E-state index contributed by atoms with van der Waals surface area (Å²) in [7, 11) is 0. The number of nitrogens with one attached hydrogen (secondary N) is 4. The van der Waals surface area contributed by atoms with Crippen LogP contribution in [0.4, 0.5) is 21.9 Å². The molecule has 2 rings (SSSR count). The van der Waals surface area contributed by atoms with Crippen molar-refractivity contribution in [3.63, 3.8) is 0 Å². The van der Waals surface area contributed by atoms with Gasteiger partial charge in [-0.25, -0.2) is 4.79 Å². The van der Waals surface area contributed by atoms with Crippen molar-refractivity contribution in [1.82, 2.24) is 5.32 Å². The Kier molecular flexibility index (Phi) is 6.11. The molecule has 4 amide bonds. The van der Waals surface area contributed by atoms with Gasteiger partial charge < -0.3 is 21.3 Å². The summed E-state index contributed by atoms with van der Waals surface area (Å²) in [6, 6.07) is 14.7. The minimum absolute atomic E-state index is 0.282. The molecule has 0 spiro atoms. The van der Waals surface area contributed by atoms with Gasteiger partial charge in [-0.1, -0.05) is 24.3 Å². The number of rotatable bonds is 5. The van der Waals surface area contributed by atoms with Gasteiger partial charge in [0.05, 0.1) is 0 Å². The van der Waals surface area contributed by atoms with Gasteiger partial charge in [-0.2, -0.15) is 0 Å².